The van der Waals surface area contributed by atoms with E-state index in [1.54, 1.807) is 0 Å². The molecule has 0 aliphatic carbocycles. The molecule has 1 fully saturated rings. The second-order valence-corrected chi connectivity index (χ2v) is 8.05. The molecule has 1 aliphatic heterocycles. The van der Waals surface area contributed by atoms with Crippen molar-refractivity contribution in [2.75, 3.05) is 6.54 Å². The summed E-state index contributed by atoms with van der Waals surface area (Å²) in [5.41, 5.74) is 0. The van der Waals surface area contributed by atoms with Gasteiger partial charge >= 0.3 is 0 Å². The van der Waals surface area contributed by atoms with Crippen molar-refractivity contribution >= 4 is 11.8 Å². The van der Waals surface area contributed by atoms with E-state index in [1.165, 1.54) is 94.8 Å². The fourth-order valence-corrected chi connectivity index (χ4v) is 3.84. The van der Waals surface area contributed by atoms with Gasteiger partial charge < -0.3 is 0 Å². The van der Waals surface area contributed by atoms with Crippen LogP contribution in [0.3, 0.4) is 0 Å². The van der Waals surface area contributed by atoms with Crippen LogP contribution in [0.15, 0.2) is 0 Å². The number of imide groups is 1. The van der Waals surface area contributed by atoms with Gasteiger partial charge in [-0.2, -0.15) is 0 Å². The molecule has 0 aromatic rings. The van der Waals surface area contributed by atoms with E-state index in [4.69, 9.17) is 6.42 Å². The first-order valence-corrected chi connectivity index (χ1v) is 11.5. The van der Waals surface area contributed by atoms with Crippen molar-refractivity contribution < 1.29 is 9.59 Å². The summed E-state index contributed by atoms with van der Waals surface area (Å²) >= 11 is 0. The van der Waals surface area contributed by atoms with E-state index in [2.05, 4.69) is 5.92 Å². The van der Waals surface area contributed by atoms with E-state index >= 15 is 0 Å². The Morgan fingerprint density at radius 1 is 0.593 bits per heavy atom. The van der Waals surface area contributed by atoms with E-state index in [1.807, 2.05) is 0 Å². The lowest BCUT2D eigenvalue weighted by Crippen LogP contribution is -2.29. The van der Waals surface area contributed by atoms with Crippen LogP contribution in [0, 0.1) is 12.3 Å². The monoisotopic (exact) mass is 375 g/mol. The van der Waals surface area contributed by atoms with Crippen molar-refractivity contribution in [3.05, 3.63) is 0 Å². The van der Waals surface area contributed by atoms with Gasteiger partial charge in [0, 0.05) is 25.8 Å². The Kier molecular flexibility index (Phi) is 14.8. The molecule has 0 aromatic heterocycles. The van der Waals surface area contributed by atoms with Gasteiger partial charge in [0.1, 0.15) is 0 Å². The fourth-order valence-electron chi connectivity index (χ4n) is 3.84. The molecule has 0 unspecified atom stereocenters. The number of carbonyl (C=O) groups is 2. The standard InChI is InChI=1S/C24H41NO2/c1-2-3-4-5-6-7-8-9-10-11-12-13-14-15-16-17-18-19-22-25-23(26)20-21-24(25)27/h1H,3-22H2. The molecule has 2 amide bonds. The summed E-state index contributed by atoms with van der Waals surface area (Å²) < 4.78 is 0. The summed E-state index contributed by atoms with van der Waals surface area (Å²) in [7, 11) is 0. The zero-order chi connectivity index (χ0) is 19.6. The lowest BCUT2D eigenvalue weighted by molar-refractivity contribution is -0.138. The van der Waals surface area contributed by atoms with E-state index in [9.17, 15) is 9.59 Å². The van der Waals surface area contributed by atoms with Crippen molar-refractivity contribution in [1.29, 1.82) is 0 Å². The second-order valence-electron chi connectivity index (χ2n) is 8.05. The molecular formula is C24H41NO2. The van der Waals surface area contributed by atoms with Crippen LogP contribution in [0.1, 0.15) is 122 Å². The van der Waals surface area contributed by atoms with Gasteiger partial charge in [0.2, 0.25) is 11.8 Å². The maximum absolute atomic E-state index is 11.5. The third kappa shape index (κ3) is 12.7. The molecule has 0 N–H and O–H groups in total. The number of rotatable bonds is 18. The van der Waals surface area contributed by atoms with Crippen molar-refractivity contribution in [2.45, 2.75) is 122 Å². The normalized spacial score (nSPS) is 14.1. The van der Waals surface area contributed by atoms with Crippen molar-refractivity contribution in [1.82, 2.24) is 4.90 Å². The Morgan fingerprint density at radius 2 is 0.926 bits per heavy atom. The number of amides is 2. The minimum absolute atomic E-state index is 0.0278. The molecule has 0 bridgehead atoms. The van der Waals surface area contributed by atoms with Crippen LogP contribution in [-0.4, -0.2) is 23.3 Å². The lowest BCUT2D eigenvalue weighted by atomic mass is 10.0. The van der Waals surface area contributed by atoms with Gasteiger partial charge in [0.15, 0.2) is 0 Å². The zero-order valence-corrected chi connectivity index (χ0v) is 17.5. The molecule has 0 spiro atoms. The largest absolute Gasteiger partial charge is 0.283 e. The number of carbonyl (C=O) groups excluding carboxylic acids is 2. The molecule has 3 nitrogen and oxygen atoms in total. The van der Waals surface area contributed by atoms with Crippen molar-refractivity contribution in [3.63, 3.8) is 0 Å². The van der Waals surface area contributed by atoms with Gasteiger partial charge in [-0.25, -0.2) is 0 Å². The molecule has 3 heteroatoms. The molecule has 0 atom stereocenters. The Bertz CT molecular complexity index is 422. The van der Waals surface area contributed by atoms with E-state index in [0.717, 1.165) is 19.3 Å². The van der Waals surface area contributed by atoms with E-state index in [0.29, 0.717) is 19.4 Å². The highest BCUT2D eigenvalue weighted by molar-refractivity contribution is 6.01. The summed E-state index contributed by atoms with van der Waals surface area (Å²) in [5.74, 6) is 2.76. The first-order valence-electron chi connectivity index (χ1n) is 11.5. The van der Waals surface area contributed by atoms with Crippen LogP contribution in [0.5, 0.6) is 0 Å². The molecule has 0 radical (unpaired) electrons. The molecule has 0 saturated carbocycles. The minimum Gasteiger partial charge on any atom is -0.283 e. The predicted octanol–water partition coefficient (Wildman–Crippen LogP) is 6.40. The number of unbranched alkanes of at least 4 members (excludes halogenated alkanes) is 16. The maximum Gasteiger partial charge on any atom is 0.229 e. The molecule has 27 heavy (non-hydrogen) atoms. The molecule has 0 aromatic carbocycles. The van der Waals surface area contributed by atoms with Gasteiger partial charge in [-0.05, 0) is 12.8 Å². The smallest absolute Gasteiger partial charge is 0.229 e. The topological polar surface area (TPSA) is 37.4 Å². The molecule has 1 aliphatic rings. The molecule has 1 heterocycles. The third-order valence-electron chi connectivity index (χ3n) is 5.61. The number of terminal acetylenes is 1. The highest BCUT2D eigenvalue weighted by Crippen LogP contribution is 2.15. The number of likely N-dealkylation sites (tertiary alicyclic amines) is 1. The average Bonchev–Trinajstić information content (AvgIpc) is 2.99. The van der Waals surface area contributed by atoms with Crippen LogP contribution >= 0.6 is 0 Å². The average molecular weight is 376 g/mol. The fraction of sp³-hybridized carbons (Fsp3) is 0.833. The molecule has 154 valence electrons. The highest BCUT2D eigenvalue weighted by Gasteiger charge is 2.27. The SMILES string of the molecule is C#CCCCCCCCCCCCCCCCCCCN1C(=O)CCC1=O. The number of hydrogen-bond acceptors (Lipinski definition) is 2. The second kappa shape index (κ2) is 16.8. The molecular weight excluding hydrogens is 334 g/mol. The van der Waals surface area contributed by atoms with Gasteiger partial charge in [-0.15, -0.1) is 12.3 Å². The molecule has 1 saturated heterocycles. The Balaban J connectivity index is 1.72. The number of hydrogen-bond donors (Lipinski definition) is 0. The zero-order valence-electron chi connectivity index (χ0n) is 17.5. The maximum atomic E-state index is 11.5. The van der Waals surface area contributed by atoms with Crippen molar-refractivity contribution in [3.8, 4) is 12.3 Å². The van der Waals surface area contributed by atoms with Gasteiger partial charge in [-0.3, -0.25) is 14.5 Å². The summed E-state index contributed by atoms with van der Waals surface area (Å²) in [5, 5.41) is 0. The Labute approximate surface area is 167 Å². The van der Waals surface area contributed by atoms with Crippen LogP contribution in [0.4, 0.5) is 0 Å². The van der Waals surface area contributed by atoms with Crippen LogP contribution in [0.2, 0.25) is 0 Å². The van der Waals surface area contributed by atoms with Crippen LogP contribution in [-0.2, 0) is 9.59 Å². The number of nitrogens with zero attached hydrogens (tertiary/aromatic N) is 1. The van der Waals surface area contributed by atoms with E-state index < -0.39 is 0 Å². The summed E-state index contributed by atoms with van der Waals surface area (Å²) in [6, 6.07) is 0. The first kappa shape index (κ1) is 23.7. The summed E-state index contributed by atoms with van der Waals surface area (Å²) in [6.45, 7) is 0.641. The first-order chi connectivity index (χ1) is 13.3. The predicted molar refractivity (Wildman–Crippen MR) is 113 cm³/mol. The van der Waals surface area contributed by atoms with Crippen molar-refractivity contribution in [2.24, 2.45) is 0 Å². The highest BCUT2D eigenvalue weighted by atomic mass is 16.2. The van der Waals surface area contributed by atoms with Crippen LogP contribution < -0.4 is 0 Å². The molecule has 1 rings (SSSR count). The Morgan fingerprint density at radius 3 is 1.30 bits per heavy atom. The quantitative estimate of drug-likeness (QED) is 0.158. The van der Waals surface area contributed by atoms with E-state index in [-0.39, 0.29) is 11.8 Å². The Hall–Kier alpha value is -1.30. The van der Waals surface area contributed by atoms with Gasteiger partial charge in [-0.1, -0.05) is 89.9 Å². The van der Waals surface area contributed by atoms with Gasteiger partial charge in [0.25, 0.3) is 0 Å². The summed E-state index contributed by atoms with van der Waals surface area (Å²) in [6.07, 6.45) is 28.0. The summed E-state index contributed by atoms with van der Waals surface area (Å²) in [4.78, 5) is 24.5. The lowest BCUT2D eigenvalue weighted by Gasteiger charge is -2.13. The van der Waals surface area contributed by atoms with Gasteiger partial charge in [0.05, 0.1) is 0 Å². The minimum atomic E-state index is 0.0278. The van der Waals surface area contributed by atoms with Crippen LogP contribution in [0.25, 0.3) is 0 Å². The third-order valence-corrected chi connectivity index (χ3v) is 5.61.